The van der Waals surface area contributed by atoms with Gasteiger partial charge in [-0.2, -0.15) is 18.3 Å². The molecule has 8 nitrogen and oxygen atoms in total. The number of nitrogens with one attached hydrogen (secondary N) is 1. The van der Waals surface area contributed by atoms with Crippen molar-refractivity contribution in [2.75, 3.05) is 6.54 Å². The number of fused-ring (bicyclic) bond motifs is 2. The van der Waals surface area contributed by atoms with E-state index in [0.717, 1.165) is 16.3 Å². The van der Waals surface area contributed by atoms with Crippen molar-refractivity contribution < 1.29 is 26.8 Å². The Hall–Kier alpha value is -3.70. The molecule has 178 valence electrons. The number of nitrogens with zero attached hydrogens (tertiary/aromatic N) is 5. The summed E-state index contributed by atoms with van der Waals surface area (Å²) in [5.74, 6) is -0.943. The van der Waals surface area contributed by atoms with E-state index in [4.69, 9.17) is 4.42 Å². The zero-order valence-corrected chi connectivity index (χ0v) is 18.4. The molecule has 1 amide bonds. The SMILES string of the molecule is Cc1nc(C(C)(C)F)oc1C(=O)N1CCc2[nH]cnc2[C@@H]1c1cc2c(C(F)(F)F)cccn2n1. The Bertz CT molecular complexity index is 1390. The minimum atomic E-state index is -4.58. The normalized spacial score (nSPS) is 16.8. The molecule has 0 bridgehead atoms. The van der Waals surface area contributed by atoms with Crippen LogP contribution >= 0.6 is 0 Å². The van der Waals surface area contributed by atoms with Gasteiger partial charge < -0.3 is 14.3 Å². The molecule has 0 saturated heterocycles. The van der Waals surface area contributed by atoms with E-state index in [2.05, 4.69) is 20.1 Å². The van der Waals surface area contributed by atoms with Crippen molar-refractivity contribution in [3.8, 4) is 0 Å². The number of rotatable bonds is 3. The molecule has 0 aromatic carbocycles. The largest absolute Gasteiger partial charge is 0.432 e. The molecule has 34 heavy (non-hydrogen) atoms. The van der Waals surface area contributed by atoms with Gasteiger partial charge in [-0.05, 0) is 39.0 Å². The van der Waals surface area contributed by atoms with Gasteiger partial charge in [-0.3, -0.25) is 4.79 Å². The molecular weight excluding hydrogens is 456 g/mol. The molecule has 0 spiro atoms. The van der Waals surface area contributed by atoms with E-state index in [0.29, 0.717) is 12.1 Å². The maximum Gasteiger partial charge on any atom is 0.418 e. The molecule has 0 fully saturated rings. The summed E-state index contributed by atoms with van der Waals surface area (Å²) in [5, 5.41) is 4.34. The second-order valence-corrected chi connectivity index (χ2v) is 8.64. The van der Waals surface area contributed by atoms with Crippen molar-refractivity contribution in [1.82, 2.24) is 29.5 Å². The number of imidazole rings is 1. The Balaban J connectivity index is 1.63. The highest BCUT2D eigenvalue weighted by Crippen LogP contribution is 2.38. The van der Waals surface area contributed by atoms with Gasteiger partial charge in [-0.25, -0.2) is 18.9 Å². The number of carbonyl (C=O) groups is 1. The second-order valence-electron chi connectivity index (χ2n) is 8.64. The number of amides is 1. The van der Waals surface area contributed by atoms with E-state index in [-0.39, 0.29) is 35.1 Å². The van der Waals surface area contributed by atoms with Gasteiger partial charge in [0.1, 0.15) is 6.04 Å². The van der Waals surface area contributed by atoms with E-state index in [1.165, 1.54) is 50.3 Å². The number of aromatic nitrogens is 5. The molecule has 1 aliphatic rings. The van der Waals surface area contributed by atoms with Crippen LogP contribution in [0.1, 0.15) is 64.7 Å². The standard InChI is InChI=1S/C22H20F4N6O2/c1-11-18(34-20(29-11)21(2,3)23)19(33)31-8-6-13-16(28-10-27-13)17(31)14-9-15-12(22(24,25)26)5-4-7-32(15)30-14/h4-5,7,9-10,17H,6,8H2,1-3H3,(H,27,28)/t17-/m0/s1. The van der Waals surface area contributed by atoms with Gasteiger partial charge in [0.2, 0.25) is 11.7 Å². The minimum Gasteiger partial charge on any atom is -0.432 e. The predicted molar refractivity (Wildman–Crippen MR) is 111 cm³/mol. The number of carbonyl (C=O) groups excluding carboxylic acids is 1. The van der Waals surface area contributed by atoms with E-state index in [9.17, 15) is 22.4 Å². The van der Waals surface area contributed by atoms with E-state index >= 15 is 0 Å². The molecule has 1 N–H and O–H groups in total. The molecule has 0 unspecified atom stereocenters. The average Bonchev–Trinajstić information content (AvgIpc) is 3.48. The monoisotopic (exact) mass is 476 g/mol. The van der Waals surface area contributed by atoms with Crippen LogP contribution in [0.25, 0.3) is 5.52 Å². The summed E-state index contributed by atoms with van der Waals surface area (Å²) in [6.45, 7) is 4.28. The number of alkyl halides is 4. The van der Waals surface area contributed by atoms with Gasteiger partial charge in [0, 0.05) is 24.9 Å². The summed E-state index contributed by atoms with van der Waals surface area (Å²) < 4.78 is 61.7. The van der Waals surface area contributed by atoms with Gasteiger partial charge in [0.25, 0.3) is 5.91 Å². The fourth-order valence-electron chi connectivity index (χ4n) is 4.18. The van der Waals surface area contributed by atoms with Gasteiger partial charge >= 0.3 is 6.18 Å². The van der Waals surface area contributed by atoms with Crippen LogP contribution in [0.2, 0.25) is 0 Å². The zero-order valence-electron chi connectivity index (χ0n) is 18.4. The number of aromatic amines is 1. The molecule has 0 aliphatic carbocycles. The number of oxazole rings is 1. The van der Waals surface area contributed by atoms with Crippen molar-refractivity contribution in [1.29, 1.82) is 0 Å². The Labute approximate surface area is 190 Å². The minimum absolute atomic E-state index is 0.135. The molecule has 1 aliphatic heterocycles. The van der Waals surface area contributed by atoms with Crippen LogP contribution in [0, 0.1) is 6.92 Å². The molecule has 4 aromatic rings. The molecule has 5 heterocycles. The quantitative estimate of drug-likeness (QED) is 0.444. The Morgan fingerprint density at radius 1 is 1.26 bits per heavy atom. The molecule has 4 aromatic heterocycles. The molecular formula is C22H20F4N6O2. The molecule has 1 atom stereocenters. The van der Waals surface area contributed by atoms with Crippen LogP contribution in [0.3, 0.4) is 0 Å². The topological polar surface area (TPSA) is 92.3 Å². The maximum absolute atomic E-state index is 14.4. The highest BCUT2D eigenvalue weighted by Gasteiger charge is 2.40. The Morgan fingerprint density at radius 2 is 2.03 bits per heavy atom. The summed E-state index contributed by atoms with van der Waals surface area (Å²) in [5.41, 5.74) is -1.23. The first-order valence-electron chi connectivity index (χ1n) is 10.5. The van der Waals surface area contributed by atoms with Gasteiger partial charge in [-0.1, -0.05) is 0 Å². The van der Waals surface area contributed by atoms with E-state index in [1.807, 2.05) is 0 Å². The third-order valence-corrected chi connectivity index (χ3v) is 5.79. The molecule has 12 heteroatoms. The highest BCUT2D eigenvalue weighted by atomic mass is 19.4. The lowest BCUT2D eigenvalue weighted by atomic mass is 9.99. The zero-order chi connectivity index (χ0) is 24.4. The first-order chi connectivity index (χ1) is 15.9. The predicted octanol–water partition coefficient (Wildman–Crippen LogP) is 4.37. The van der Waals surface area contributed by atoms with Gasteiger partial charge in [-0.15, -0.1) is 0 Å². The second kappa shape index (κ2) is 7.40. The summed E-state index contributed by atoms with van der Waals surface area (Å²) >= 11 is 0. The van der Waals surface area contributed by atoms with Crippen molar-refractivity contribution in [3.05, 3.63) is 70.7 Å². The summed E-state index contributed by atoms with van der Waals surface area (Å²) in [6.07, 6.45) is -1.27. The fourth-order valence-corrected chi connectivity index (χ4v) is 4.18. The van der Waals surface area contributed by atoms with Crippen LogP contribution in [-0.4, -0.2) is 41.9 Å². The first kappa shape index (κ1) is 22.1. The molecule has 0 saturated carbocycles. The van der Waals surface area contributed by atoms with Crippen LogP contribution in [0.4, 0.5) is 17.6 Å². The Kier molecular flexibility index (Phi) is 4.81. The third-order valence-electron chi connectivity index (χ3n) is 5.79. The lowest BCUT2D eigenvalue weighted by Gasteiger charge is -2.33. The summed E-state index contributed by atoms with van der Waals surface area (Å²) in [7, 11) is 0. The number of aryl methyl sites for hydroxylation is 1. The van der Waals surface area contributed by atoms with Crippen LogP contribution in [0.5, 0.6) is 0 Å². The fraction of sp³-hybridized carbons (Fsp3) is 0.364. The van der Waals surface area contributed by atoms with E-state index in [1.54, 1.807) is 0 Å². The van der Waals surface area contributed by atoms with Crippen molar-refractivity contribution in [2.24, 2.45) is 0 Å². The van der Waals surface area contributed by atoms with Crippen LogP contribution < -0.4 is 0 Å². The first-order valence-corrected chi connectivity index (χ1v) is 10.5. The van der Waals surface area contributed by atoms with Crippen LogP contribution in [-0.2, 0) is 18.3 Å². The third kappa shape index (κ3) is 3.53. The van der Waals surface area contributed by atoms with E-state index < -0.39 is 29.4 Å². The lowest BCUT2D eigenvalue weighted by molar-refractivity contribution is -0.136. The maximum atomic E-state index is 14.4. The number of pyridine rings is 1. The van der Waals surface area contributed by atoms with Crippen molar-refractivity contribution in [3.63, 3.8) is 0 Å². The number of H-pyrrole nitrogens is 1. The number of halogens is 4. The molecule has 5 rings (SSSR count). The summed E-state index contributed by atoms with van der Waals surface area (Å²) in [6, 6.07) is 2.66. The lowest BCUT2D eigenvalue weighted by Crippen LogP contribution is -2.41. The summed E-state index contributed by atoms with van der Waals surface area (Å²) in [4.78, 5) is 26.3. The average molecular weight is 476 g/mol. The van der Waals surface area contributed by atoms with Gasteiger partial charge in [0.05, 0.1) is 34.5 Å². The van der Waals surface area contributed by atoms with Crippen molar-refractivity contribution >= 4 is 11.4 Å². The smallest absolute Gasteiger partial charge is 0.418 e. The number of hydrogen-bond acceptors (Lipinski definition) is 5. The molecule has 0 radical (unpaired) electrons. The van der Waals surface area contributed by atoms with Crippen molar-refractivity contribution in [2.45, 2.75) is 45.1 Å². The highest BCUT2D eigenvalue weighted by molar-refractivity contribution is 5.93. The number of hydrogen-bond donors (Lipinski definition) is 1. The van der Waals surface area contributed by atoms with Crippen LogP contribution in [0.15, 0.2) is 35.1 Å². The Morgan fingerprint density at radius 3 is 2.71 bits per heavy atom. The van der Waals surface area contributed by atoms with Gasteiger partial charge in [0.15, 0.2) is 5.67 Å².